The van der Waals surface area contributed by atoms with Crippen molar-refractivity contribution in [3.63, 3.8) is 0 Å². The summed E-state index contributed by atoms with van der Waals surface area (Å²) in [7, 11) is 0. The van der Waals surface area contributed by atoms with Crippen LogP contribution in [0.1, 0.15) is 42.2 Å². The number of aromatic nitrogens is 1. The average molecular weight is 293 g/mol. The third kappa shape index (κ3) is 3.18. The maximum Gasteiger partial charge on any atom is 0.288 e. The zero-order chi connectivity index (χ0) is 15.6. The van der Waals surface area contributed by atoms with Gasteiger partial charge in [0.05, 0.1) is 28.3 Å². The van der Waals surface area contributed by atoms with E-state index >= 15 is 0 Å². The largest absolute Gasteiger partial charge is 0.391 e. The lowest BCUT2D eigenvalue weighted by Crippen LogP contribution is -2.49. The topological polar surface area (TPSA) is 96.6 Å². The lowest BCUT2D eigenvalue weighted by molar-refractivity contribution is -0.385. The lowest BCUT2D eigenvalue weighted by Gasteiger charge is -2.37. The van der Waals surface area contributed by atoms with Gasteiger partial charge in [0.1, 0.15) is 6.20 Å². The van der Waals surface area contributed by atoms with Gasteiger partial charge in [-0.3, -0.25) is 19.9 Å². The summed E-state index contributed by atoms with van der Waals surface area (Å²) in [4.78, 5) is 28.5. The number of pyridine rings is 1. The standard InChI is InChI=1S/C14H19N3O4/c1-9-12(7-11(8-15-9)17(20)21)14(19)16-6-4-3-5-13(16)10(2)18/h7-8,10,13,18H,3-6H2,1-2H3. The molecule has 0 radical (unpaired) electrons. The molecule has 0 aliphatic carbocycles. The fourth-order valence-electron chi connectivity index (χ4n) is 2.70. The summed E-state index contributed by atoms with van der Waals surface area (Å²) in [6, 6.07) is 1.02. The van der Waals surface area contributed by atoms with Crippen LogP contribution in [-0.4, -0.2) is 44.5 Å². The molecule has 2 rings (SSSR count). The molecule has 114 valence electrons. The second-order valence-corrected chi connectivity index (χ2v) is 5.39. The normalized spacial score (nSPS) is 20.1. The first-order valence-electron chi connectivity index (χ1n) is 7.02. The molecule has 0 bridgehead atoms. The van der Waals surface area contributed by atoms with E-state index in [1.165, 1.54) is 6.07 Å². The molecule has 1 amide bonds. The Bertz CT molecular complexity index is 559. The molecule has 1 aliphatic heterocycles. The number of amides is 1. The number of likely N-dealkylation sites (tertiary alicyclic amines) is 1. The van der Waals surface area contributed by atoms with E-state index in [2.05, 4.69) is 4.98 Å². The van der Waals surface area contributed by atoms with Crippen LogP contribution in [0.4, 0.5) is 5.69 Å². The van der Waals surface area contributed by atoms with E-state index in [1.54, 1.807) is 18.7 Å². The molecule has 2 atom stereocenters. The third-order valence-electron chi connectivity index (χ3n) is 3.88. The Balaban J connectivity index is 2.34. The maximum atomic E-state index is 12.7. The molecule has 21 heavy (non-hydrogen) atoms. The fourth-order valence-corrected chi connectivity index (χ4v) is 2.70. The first-order chi connectivity index (χ1) is 9.91. The Morgan fingerprint density at radius 1 is 1.57 bits per heavy atom. The first kappa shape index (κ1) is 15.4. The maximum absolute atomic E-state index is 12.7. The monoisotopic (exact) mass is 293 g/mol. The number of piperidine rings is 1. The zero-order valence-corrected chi connectivity index (χ0v) is 12.2. The van der Waals surface area contributed by atoms with Crippen molar-refractivity contribution in [3.8, 4) is 0 Å². The molecule has 1 aromatic rings. The molecular weight excluding hydrogens is 274 g/mol. The van der Waals surface area contributed by atoms with Crippen LogP contribution in [0.3, 0.4) is 0 Å². The van der Waals surface area contributed by atoms with Crippen LogP contribution in [0.2, 0.25) is 0 Å². The second-order valence-electron chi connectivity index (χ2n) is 5.39. The van der Waals surface area contributed by atoms with Gasteiger partial charge in [-0.25, -0.2) is 0 Å². The van der Waals surface area contributed by atoms with Crippen molar-refractivity contribution in [2.75, 3.05) is 6.54 Å². The summed E-state index contributed by atoms with van der Waals surface area (Å²) in [5.74, 6) is -0.297. The van der Waals surface area contributed by atoms with E-state index < -0.39 is 11.0 Å². The highest BCUT2D eigenvalue weighted by Gasteiger charge is 2.32. The first-order valence-corrected chi connectivity index (χ1v) is 7.02. The molecule has 1 saturated heterocycles. The quantitative estimate of drug-likeness (QED) is 0.675. The third-order valence-corrected chi connectivity index (χ3v) is 3.88. The van der Waals surface area contributed by atoms with E-state index in [-0.39, 0.29) is 23.2 Å². The highest BCUT2D eigenvalue weighted by molar-refractivity contribution is 5.96. The molecule has 2 heterocycles. The number of carbonyl (C=O) groups is 1. The van der Waals surface area contributed by atoms with Crippen molar-refractivity contribution in [3.05, 3.63) is 33.6 Å². The van der Waals surface area contributed by atoms with Crippen molar-refractivity contribution >= 4 is 11.6 Å². The van der Waals surface area contributed by atoms with E-state index in [4.69, 9.17) is 0 Å². The van der Waals surface area contributed by atoms with Crippen molar-refractivity contribution in [1.82, 2.24) is 9.88 Å². The van der Waals surface area contributed by atoms with Crippen molar-refractivity contribution in [2.24, 2.45) is 0 Å². The summed E-state index contributed by atoms with van der Waals surface area (Å²) < 4.78 is 0. The summed E-state index contributed by atoms with van der Waals surface area (Å²) in [6.45, 7) is 3.86. The van der Waals surface area contributed by atoms with E-state index in [0.29, 0.717) is 12.2 Å². The Morgan fingerprint density at radius 2 is 2.29 bits per heavy atom. The van der Waals surface area contributed by atoms with Crippen molar-refractivity contribution < 1.29 is 14.8 Å². The van der Waals surface area contributed by atoms with Crippen LogP contribution in [0.5, 0.6) is 0 Å². The minimum absolute atomic E-state index is 0.199. The van der Waals surface area contributed by atoms with Crippen LogP contribution in [-0.2, 0) is 0 Å². The number of aliphatic hydroxyl groups is 1. The Hall–Kier alpha value is -2.02. The molecule has 0 saturated carbocycles. The van der Waals surface area contributed by atoms with E-state index in [0.717, 1.165) is 25.5 Å². The minimum Gasteiger partial charge on any atom is -0.391 e. The van der Waals surface area contributed by atoms with Crippen molar-refractivity contribution in [2.45, 2.75) is 45.3 Å². The molecule has 1 N–H and O–H groups in total. The van der Waals surface area contributed by atoms with Gasteiger partial charge in [-0.1, -0.05) is 0 Å². The number of carbonyl (C=O) groups excluding carboxylic acids is 1. The summed E-state index contributed by atoms with van der Waals surface area (Å²) in [5, 5.41) is 20.7. The predicted octanol–water partition coefficient (Wildman–Crippen LogP) is 1.67. The van der Waals surface area contributed by atoms with Gasteiger partial charge in [0.15, 0.2) is 0 Å². The molecular formula is C14H19N3O4. The Labute approximate surface area is 122 Å². The Kier molecular flexibility index (Phi) is 4.52. The molecule has 2 unspecified atom stereocenters. The van der Waals surface area contributed by atoms with E-state index in [1.807, 2.05) is 0 Å². The smallest absolute Gasteiger partial charge is 0.288 e. The number of nitrogens with zero attached hydrogens (tertiary/aromatic N) is 3. The van der Waals surface area contributed by atoms with Gasteiger partial charge in [-0.2, -0.15) is 0 Å². The highest BCUT2D eigenvalue weighted by Crippen LogP contribution is 2.24. The summed E-state index contributed by atoms with van der Waals surface area (Å²) in [6.07, 6.45) is 3.10. The average Bonchev–Trinajstić information content (AvgIpc) is 2.46. The number of hydrogen-bond acceptors (Lipinski definition) is 5. The molecule has 7 nitrogen and oxygen atoms in total. The summed E-state index contributed by atoms with van der Waals surface area (Å²) in [5.41, 5.74) is 0.492. The van der Waals surface area contributed by atoms with Crippen LogP contribution in [0, 0.1) is 17.0 Å². The highest BCUT2D eigenvalue weighted by atomic mass is 16.6. The number of aliphatic hydroxyl groups excluding tert-OH is 1. The number of nitro groups is 1. The molecule has 0 aromatic carbocycles. The van der Waals surface area contributed by atoms with Gasteiger partial charge in [-0.05, 0) is 33.1 Å². The molecule has 7 heteroatoms. The number of aryl methyl sites for hydroxylation is 1. The molecule has 1 fully saturated rings. The van der Waals surface area contributed by atoms with Gasteiger partial charge in [-0.15, -0.1) is 0 Å². The molecule has 1 aromatic heterocycles. The minimum atomic E-state index is -0.624. The Morgan fingerprint density at radius 3 is 2.90 bits per heavy atom. The fraction of sp³-hybridized carbons (Fsp3) is 0.571. The van der Waals surface area contributed by atoms with Gasteiger partial charge in [0.2, 0.25) is 0 Å². The number of rotatable bonds is 3. The SMILES string of the molecule is Cc1ncc([N+](=O)[O-])cc1C(=O)N1CCCCC1C(C)O. The molecule has 0 spiro atoms. The van der Waals surface area contributed by atoms with Crippen LogP contribution < -0.4 is 0 Å². The van der Waals surface area contributed by atoms with Gasteiger partial charge >= 0.3 is 0 Å². The summed E-state index contributed by atoms with van der Waals surface area (Å²) >= 11 is 0. The lowest BCUT2D eigenvalue weighted by atomic mass is 9.97. The van der Waals surface area contributed by atoms with Gasteiger partial charge in [0.25, 0.3) is 11.6 Å². The molecule has 1 aliphatic rings. The zero-order valence-electron chi connectivity index (χ0n) is 12.2. The van der Waals surface area contributed by atoms with Gasteiger partial charge < -0.3 is 10.0 Å². The van der Waals surface area contributed by atoms with E-state index in [9.17, 15) is 20.0 Å². The van der Waals surface area contributed by atoms with Crippen LogP contribution in [0.15, 0.2) is 12.3 Å². The van der Waals surface area contributed by atoms with Crippen molar-refractivity contribution in [1.29, 1.82) is 0 Å². The van der Waals surface area contributed by atoms with Gasteiger partial charge in [0, 0.05) is 12.6 Å². The second kappa shape index (κ2) is 6.17. The number of hydrogen-bond donors (Lipinski definition) is 1. The van der Waals surface area contributed by atoms with Crippen LogP contribution in [0.25, 0.3) is 0 Å². The predicted molar refractivity (Wildman–Crippen MR) is 76.0 cm³/mol. The van der Waals surface area contributed by atoms with Crippen LogP contribution >= 0.6 is 0 Å².